The molecule has 0 fully saturated rings. The second-order valence-corrected chi connectivity index (χ2v) is 6.87. The van der Waals surface area contributed by atoms with E-state index >= 15 is 0 Å². The van der Waals surface area contributed by atoms with Gasteiger partial charge in [-0.15, -0.1) is 34.9 Å². The fraction of sp³-hybridized carbons (Fsp3) is 0. The molecule has 0 aliphatic heterocycles. The minimum Gasteiger partial charge on any atom is -0.507 e. The largest absolute Gasteiger partial charge is 0.507 e. The third kappa shape index (κ3) is 4.78. The van der Waals surface area contributed by atoms with Gasteiger partial charge in [0.05, 0.1) is 5.56 Å². The van der Waals surface area contributed by atoms with Gasteiger partial charge in [-0.05, 0) is 42.1 Å². The number of pyridine rings is 1. The van der Waals surface area contributed by atoms with Gasteiger partial charge in [0.15, 0.2) is 5.82 Å². The maximum Gasteiger partial charge on any atom is 0.180 e. The summed E-state index contributed by atoms with van der Waals surface area (Å²) >= 11 is 0. The molecule has 0 saturated carbocycles. The van der Waals surface area contributed by atoms with E-state index in [-0.39, 0.29) is 32.6 Å². The molecule has 2 heterocycles. The fourth-order valence-corrected chi connectivity index (χ4v) is 3.32. The van der Waals surface area contributed by atoms with E-state index in [0.29, 0.717) is 17.0 Å². The first-order valence-corrected chi connectivity index (χ1v) is 9.94. The Bertz CT molecular complexity index is 1310. The third-order valence-corrected chi connectivity index (χ3v) is 4.79. The molecule has 33 heavy (non-hydrogen) atoms. The van der Waals surface area contributed by atoms with E-state index in [0.717, 1.165) is 17.2 Å². The predicted molar refractivity (Wildman–Crippen MR) is 121 cm³/mol. The number of hydrogen-bond donors (Lipinski definition) is 1. The van der Waals surface area contributed by atoms with Crippen molar-refractivity contribution in [1.29, 1.82) is 0 Å². The molecule has 0 saturated heterocycles. The summed E-state index contributed by atoms with van der Waals surface area (Å²) in [6.45, 7) is 0. The summed E-state index contributed by atoms with van der Waals surface area (Å²) in [7, 11) is 0. The minimum atomic E-state index is 0. The molecule has 0 unspecified atom stereocenters. The molecule has 0 amide bonds. The Balaban J connectivity index is 0.00000259. The molecule has 2 aromatic heterocycles. The normalized spacial score (nSPS) is 10.3. The summed E-state index contributed by atoms with van der Waals surface area (Å²) in [5.74, 6) is 1.48. The van der Waals surface area contributed by atoms with Crippen LogP contribution in [0.2, 0.25) is 0 Å². The van der Waals surface area contributed by atoms with Crippen LogP contribution in [0, 0.1) is 6.07 Å². The van der Waals surface area contributed by atoms with Crippen molar-refractivity contribution in [3.63, 3.8) is 0 Å². The molecule has 0 radical (unpaired) electrons. The van der Waals surface area contributed by atoms with Crippen molar-refractivity contribution < 1.29 is 26.2 Å². The van der Waals surface area contributed by atoms with Crippen molar-refractivity contribution >= 4 is 17.2 Å². The van der Waals surface area contributed by atoms with Crippen LogP contribution in [0.1, 0.15) is 0 Å². The number of anilines is 3. The van der Waals surface area contributed by atoms with Gasteiger partial charge in [-0.25, -0.2) is 4.98 Å². The van der Waals surface area contributed by atoms with Gasteiger partial charge in [0.25, 0.3) is 0 Å². The van der Waals surface area contributed by atoms with Crippen molar-refractivity contribution in [2.24, 2.45) is 0 Å². The van der Waals surface area contributed by atoms with Crippen molar-refractivity contribution in [2.75, 3.05) is 4.90 Å². The molecule has 5 rings (SSSR count). The van der Waals surface area contributed by atoms with Crippen LogP contribution in [0.15, 0.2) is 97.2 Å². The van der Waals surface area contributed by atoms with Crippen LogP contribution in [-0.4, -0.2) is 30.5 Å². The zero-order valence-corrected chi connectivity index (χ0v) is 19.5. The average molecular weight is 613 g/mol. The number of rotatable bonds is 5. The molecular weight excluding hydrogens is 595 g/mol. The van der Waals surface area contributed by atoms with Crippen LogP contribution >= 0.6 is 0 Å². The smallest absolute Gasteiger partial charge is 0.180 e. The SMILES string of the molecule is Oc1ccccc1-c1nnnc(-c2[c-]c(N(c3ccccc3)c3ccccn3)ccc2)n1.[Pt]. The summed E-state index contributed by atoms with van der Waals surface area (Å²) in [6, 6.07) is 31.6. The monoisotopic (exact) mass is 612 g/mol. The first kappa shape index (κ1) is 22.2. The second-order valence-electron chi connectivity index (χ2n) is 6.87. The van der Waals surface area contributed by atoms with E-state index in [1.807, 2.05) is 71.6 Å². The number of aromatic nitrogens is 5. The maximum absolute atomic E-state index is 10.1. The summed E-state index contributed by atoms with van der Waals surface area (Å²) in [6.07, 6.45) is 1.75. The molecule has 0 aliphatic carbocycles. The van der Waals surface area contributed by atoms with Gasteiger partial charge in [0.2, 0.25) is 0 Å². The van der Waals surface area contributed by atoms with E-state index in [4.69, 9.17) is 0 Å². The predicted octanol–water partition coefficient (Wildman–Crippen LogP) is 4.97. The van der Waals surface area contributed by atoms with E-state index in [9.17, 15) is 5.11 Å². The molecule has 0 aliphatic rings. The van der Waals surface area contributed by atoms with Crippen molar-refractivity contribution in [3.8, 4) is 28.5 Å². The zero-order chi connectivity index (χ0) is 21.8. The standard InChI is InChI=1S/C25H17N6O.Pt/c32-22-14-5-4-13-21(22)25-27-24(28-30-29-25)18-9-8-12-20(17-18)31(19-10-2-1-3-11-19)23-15-6-7-16-26-23;/h1-16,32H;/q-1;. The number of phenolic OH excluding ortho intramolecular Hbond substituents is 1. The summed E-state index contributed by atoms with van der Waals surface area (Å²) in [5.41, 5.74) is 2.85. The van der Waals surface area contributed by atoms with Gasteiger partial charge in [-0.1, -0.05) is 41.6 Å². The summed E-state index contributed by atoms with van der Waals surface area (Å²) in [4.78, 5) is 11.0. The third-order valence-electron chi connectivity index (χ3n) is 4.79. The second kappa shape index (κ2) is 10.1. The number of nitrogens with zero attached hydrogens (tertiary/aromatic N) is 6. The number of hydrogen-bond acceptors (Lipinski definition) is 7. The van der Waals surface area contributed by atoms with Crippen LogP contribution in [0.3, 0.4) is 0 Å². The maximum atomic E-state index is 10.1. The van der Waals surface area contributed by atoms with E-state index in [1.54, 1.807) is 30.5 Å². The van der Waals surface area contributed by atoms with E-state index in [1.165, 1.54) is 0 Å². The number of benzene rings is 3. The molecule has 0 spiro atoms. The van der Waals surface area contributed by atoms with Crippen LogP contribution in [-0.2, 0) is 21.1 Å². The Labute approximate surface area is 205 Å². The number of phenols is 1. The van der Waals surface area contributed by atoms with Gasteiger partial charge < -0.3 is 10.0 Å². The number of para-hydroxylation sites is 2. The van der Waals surface area contributed by atoms with Crippen molar-refractivity contribution in [2.45, 2.75) is 0 Å². The fourth-order valence-electron chi connectivity index (χ4n) is 3.32. The van der Waals surface area contributed by atoms with Gasteiger partial charge in [0, 0.05) is 32.9 Å². The van der Waals surface area contributed by atoms with E-state index < -0.39 is 0 Å². The first-order chi connectivity index (χ1) is 15.8. The topological polar surface area (TPSA) is 87.9 Å². The van der Waals surface area contributed by atoms with Gasteiger partial charge in [0.1, 0.15) is 17.4 Å². The van der Waals surface area contributed by atoms with Crippen LogP contribution < -0.4 is 4.90 Å². The van der Waals surface area contributed by atoms with Gasteiger partial charge in [-0.2, -0.15) is 5.10 Å². The molecule has 1 N–H and O–H groups in total. The summed E-state index contributed by atoms with van der Waals surface area (Å²) in [5, 5.41) is 22.1. The molecule has 164 valence electrons. The van der Waals surface area contributed by atoms with Gasteiger partial charge >= 0.3 is 0 Å². The number of aromatic hydroxyl groups is 1. The Kier molecular flexibility index (Phi) is 6.81. The Hall–Kier alpha value is -3.96. The molecule has 7 nitrogen and oxygen atoms in total. The minimum absolute atomic E-state index is 0. The molecule has 8 heteroatoms. The molecule has 3 aromatic carbocycles. The first-order valence-electron chi connectivity index (χ1n) is 9.94. The summed E-state index contributed by atoms with van der Waals surface area (Å²) < 4.78 is 0. The van der Waals surface area contributed by atoms with Crippen LogP contribution in [0.25, 0.3) is 22.8 Å². The molecule has 0 bridgehead atoms. The molecule has 0 atom stereocenters. The average Bonchev–Trinajstić information content (AvgIpc) is 2.86. The Morgan fingerprint density at radius 3 is 2.27 bits per heavy atom. The molecule has 5 aromatic rings. The van der Waals surface area contributed by atoms with Crippen LogP contribution in [0.5, 0.6) is 5.75 Å². The Morgan fingerprint density at radius 2 is 1.48 bits per heavy atom. The zero-order valence-electron chi connectivity index (χ0n) is 17.2. The Morgan fingerprint density at radius 1 is 0.727 bits per heavy atom. The molecular formula is C25H17N6OPt-. The van der Waals surface area contributed by atoms with Gasteiger partial charge in [-0.3, -0.25) is 4.98 Å². The van der Waals surface area contributed by atoms with Crippen LogP contribution in [0.4, 0.5) is 17.2 Å². The van der Waals surface area contributed by atoms with E-state index in [2.05, 4.69) is 31.4 Å². The van der Waals surface area contributed by atoms with Crippen molar-refractivity contribution in [1.82, 2.24) is 25.4 Å². The quantitative estimate of drug-likeness (QED) is 0.281. The van der Waals surface area contributed by atoms with Crippen molar-refractivity contribution in [3.05, 3.63) is 103 Å².